The highest BCUT2D eigenvalue weighted by Crippen LogP contribution is 2.40. The van der Waals surface area contributed by atoms with Crippen molar-refractivity contribution in [3.63, 3.8) is 0 Å². The summed E-state index contributed by atoms with van der Waals surface area (Å²) in [5, 5.41) is 9.10. The summed E-state index contributed by atoms with van der Waals surface area (Å²) in [6, 6.07) is 50.2. The summed E-state index contributed by atoms with van der Waals surface area (Å²) in [5.41, 5.74) is 6.61. The average Bonchev–Trinajstić information content (AvgIpc) is 3.57. The molecule has 5 nitrogen and oxygen atoms in total. The van der Waals surface area contributed by atoms with Gasteiger partial charge in [-0.15, -0.1) is 0 Å². The number of hydrogen-bond donors (Lipinski definition) is 0. The van der Waals surface area contributed by atoms with E-state index in [1.54, 1.807) is 0 Å². The van der Waals surface area contributed by atoms with Gasteiger partial charge in [-0.05, 0) is 68.4 Å². The van der Waals surface area contributed by atoms with Gasteiger partial charge in [0, 0.05) is 45.2 Å². The van der Waals surface area contributed by atoms with E-state index in [1.165, 1.54) is 21.5 Å². The van der Waals surface area contributed by atoms with E-state index in [9.17, 15) is 0 Å². The molecule has 0 spiro atoms. The van der Waals surface area contributed by atoms with Gasteiger partial charge in [-0.1, -0.05) is 115 Å². The van der Waals surface area contributed by atoms with Crippen molar-refractivity contribution < 1.29 is 4.42 Å². The van der Waals surface area contributed by atoms with Gasteiger partial charge < -0.3 is 4.42 Å². The second-order valence-corrected chi connectivity index (χ2v) is 12.3. The minimum Gasteiger partial charge on any atom is -0.456 e. The third-order valence-electron chi connectivity index (χ3n) is 9.39. The standard InChI is InChI=1S/C44H26N4O/c1-2-11-28(12-3-1)42-46-43(48-44(47-42)35-17-9-19-39-41(35)34-16-6-7-18-38(34)49-39)31-14-8-13-29(24-31)36-25-30-22-23-45-26-37(30)33-21-20-27-10-4-5-15-32(27)40(33)36/h1-26H. The van der Waals surface area contributed by atoms with Crippen LogP contribution in [0.1, 0.15) is 0 Å². The third-order valence-corrected chi connectivity index (χ3v) is 9.39. The minimum absolute atomic E-state index is 0.598. The summed E-state index contributed by atoms with van der Waals surface area (Å²) in [5.74, 6) is 1.82. The second-order valence-electron chi connectivity index (χ2n) is 12.3. The minimum atomic E-state index is 0.598. The Bertz CT molecular complexity index is 2890. The fourth-order valence-corrected chi connectivity index (χ4v) is 7.13. The van der Waals surface area contributed by atoms with Crippen LogP contribution in [-0.4, -0.2) is 19.9 Å². The van der Waals surface area contributed by atoms with E-state index in [4.69, 9.17) is 19.4 Å². The monoisotopic (exact) mass is 626 g/mol. The quantitative estimate of drug-likeness (QED) is 0.182. The van der Waals surface area contributed by atoms with Gasteiger partial charge in [0.2, 0.25) is 0 Å². The van der Waals surface area contributed by atoms with Crippen LogP contribution < -0.4 is 0 Å². The predicted octanol–water partition coefficient (Wildman–Crippen LogP) is 11.3. The summed E-state index contributed by atoms with van der Waals surface area (Å²) in [7, 11) is 0. The van der Waals surface area contributed by atoms with Crippen LogP contribution in [0.2, 0.25) is 0 Å². The van der Waals surface area contributed by atoms with Gasteiger partial charge in [-0.25, -0.2) is 15.0 Å². The van der Waals surface area contributed by atoms with E-state index in [1.807, 2.05) is 73.1 Å². The predicted molar refractivity (Wildman–Crippen MR) is 199 cm³/mol. The first-order valence-corrected chi connectivity index (χ1v) is 16.3. The number of aromatic nitrogens is 4. The van der Waals surface area contributed by atoms with Crippen LogP contribution in [0.25, 0.3) is 99.5 Å². The Morgan fingerprint density at radius 3 is 2.02 bits per heavy atom. The molecule has 10 aromatic rings. The van der Waals surface area contributed by atoms with Gasteiger partial charge >= 0.3 is 0 Å². The maximum absolute atomic E-state index is 6.23. The first-order valence-electron chi connectivity index (χ1n) is 16.3. The number of nitrogens with zero attached hydrogens (tertiary/aromatic N) is 4. The van der Waals surface area contributed by atoms with Crippen LogP contribution in [0.4, 0.5) is 0 Å². The molecule has 0 radical (unpaired) electrons. The molecule has 0 saturated heterocycles. The Balaban J connectivity index is 1.22. The van der Waals surface area contributed by atoms with E-state index >= 15 is 0 Å². The van der Waals surface area contributed by atoms with Gasteiger partial charge in [-0.2, -0.15) is 0 Å². The van der Waals surface area contributed by atoms with Gasteiger partial charge in [-0.3, -0.25) is 4.98 Å². The number of para-hydroxylation sites is 1. The number of benzene rings is 7. The Hall–Kier alpha value is -6.72. The maximum Gasteiger partial charge on any atom is 0.164 e. The zero-order valence-corrected chi connectivity index (χ0v) is 26.2. The first-order chi connectivity index (χ1) is 24.3. The van der Waals surface area contributed by atoms with Crippen molar-refractivity contribution >= 4 is 54.3 Å². The Labute approximate surface area is 281 Å². The van der Waals surface area contributed by atoms with Crippen molar-refractivity contribution in [3.05, 3.63) is 158 Å². The smallest absolute Gasteiger partial charge is 0.164 e. The zero-order chi connectivity index (χ0) is 32.3. The molecule has 3 aromatic heterocycles. The molecular formula is C44H26N4O. The highest BCUT2D eigenvalue weighted by molar-refractivity contribution is 6.23. The van der Waals surface area contributed by atoms with E-state index in [0.717, 1.165) is 60.5 Å². The van der Waals surface area contributed by atoms with Gasteiger partial charge in [0.1, 0.15) is 11.2 Å². The zero-order valence-electron chi connectivity index (χ0n) is 26.2. The number of rotatable bonds is 4. The molecule has 0 unspecified atom stereocenters. The molecule has 0 amide bonds. The van der Waals surface area contributed by atoms with Gasteiger partial charge in [0.15, 0.2) is 17.5 Å². The van der Waals surface area contributed by atoms with Gasteiger partial charge in [0.05, 0.1) is 0 Å². The molecule has 0 N–H and O–H groups in total. The summed E-state index contributed by atoms with van der Waals surface area (Å²) in [6.45, 7) is 0. The molecule has 228 valence electrons. The third kappa shape index (κ3) is 4.48. The maximum atomic E-state index is 6.23. The molecule has 0 fully saturated rings. The molecule has 0 atom stereocenters. The normalized spacial score (nSPS) is 11.7. The highest BCUT2D eigenvalue weighted by atomic mass is 16.3. The van der Waals surface area contributed by atoms with Crippen LogP contribution in [0.3, 0.4) is 0 Å². The fraction of sp³-hybridized carbons (Fsp3) is 0. The summed E-state index contributed by atoms with van der Waals surface area (Å²) >= 11 is 0. The number of furan rings is 1. The highest BCUT2D eigenvalue weighted by Gasteiger charge is 2.19. The van der Waals surface area contributed by atoms with Crippen LogP contribution >= 0.6 is 0 Å². The van der Waals surface area contributed by atoms with Crippen LogP contribution in [0.5, 0.6) is 0 Å². The first kappa shape index (κ1) is 27.4. The molecule has 0 aliphatic heterocycles. The van der Waals surface area contributed by atoms with Crippen LogP contribution in [0.15, 0.2) is 162 Å². The molecule has 10 rings (SSSR count). The molecule has 7 aromatic carbocycles. The fourth-order valence-electron chi connectivity index (χ4n) is 7.13. The molecule has 0 aliphatic carbocycles. The van der Waals surface area contributed by atoms with Crippen molar-refractivity contribution in [2.24, 2.45) is 0 Å². The van der Waals surface area contributed by atoms with Crippen molar-refractivity contribution in [2.75, 3.05) is 0 Å². The summed E-state index contributed by atoms with van der Waals surface area (Å²) in [6.07, 6.45) is 3.82. The van der Waals surface area contributed by atoms with E-state index in [0.29, 0.717) is 17.5 Å². The molecule has 0 saturated carbocycles. The van der Waals surface area contributed by atoms with Crippen molar-refractivity contribution in [1.29, 1.82) is 0 Å². The summed E-state index contributed by atoms with van der Waals surface area (Å²) < 4.78 is 6.23. The largest absolute Gasteiger partial charge is 0.456 e. The van der Waals surface area contributed by atoms with Crippen LogP contribution in [0, 0.1) is 0 Å². The van der Waals surface area contributed by atoms with Crippen molar-refractivity contribution in [2.45, 2.75) is 0 Å². The Morgan fingerprint density at radius 1 is 0.388 bits per heavy atom. The number of pyridine rings is 1. The molecule has 49 heavy (non-hydrogen) atoms. The van der Waals surface area contributed by atoms with E-state index < -0.39 is 0 Å². The lowest BCUT2D eigenvalue weighted by Gasteiger charge is -2.14. The Morgan fingerprint density at radius 2 is 1.10 bits per heavy atom. The lowest BCUT2D eigenvalue weighted by atomic mass is 9.90. The topological polar surface area (TPSA) is 64.7 Å². The Kier molecular flexibility index (Phi) is 6.11. The number of hydrogen-bond acceptors (Lipinski definition) is 5. The summed E-state index contributed by atoms with van der Waals surface area (Å²) in [4.78, 5) is 19.8. The average molecular weight is 627 g/mol. The molecule has 3 heterocycles. The number of fused-ring (bicyclic) bond motifs is 8. The van der Waals surface area contributed by atoms with Gasteiger partial charge in [0.25, 0.3) is 0 Å². The van der Waals surface area contributed by atoms with E-state index in [2.05, 4.69) is 89.9 Å². The molecule has 5 heteroatoms. The molecular weight excluding hydrogens is 601 g/mol. The van der Waals surface area contributed by atoms with Crippen molar-refractivity contribution in [3.8, 4) is 45.3 Å². The van der Waals surface area contributed by atoms with Crippen LogP contribution in [-0.2, 0) is 0 Å². The lowest BCUT2D eigenvalue weighted by molar-refractivity contribution is 0.669. The second kappa shape index (κ2) is 10.9. The molecule has 0 bridgehead atoms. The van der Waals surface area contributed by atoms with E-state index in [-0.39, 0.29) is 0 Å². The van der Waals surface area contributed by atoms with Crippen molar-refractivity contribution in [1.82, 2.24) is 19.9 Å². The SMILES string of the molecule is c1ccc(-c2nc(-c3cccc(-c4cc5ccncc5c5ccc6ccccc6c45)c3)nc(-c3cccc4oc5ccccc5c34)n2)cc1. The lowest BCUT2D eigenvalue weighted by Crippen LogP contribution is -2.00. The molecule has 0 aliphatic rings.